The molecule has 1 aliphatic heterocycles. The molecule has 0 spiro atoms. The topological polar surface area (TPSA) is 47.6 Å². The number of anilines is 1. The van der Waals surface area contributed by atoms with E-state index in [2.05, 4.69) is 45.2 Å². The van der Waals surface area contributed by atoms with Crippen molar-refractivity contribution in [3.8, 4) is 5.75 Å². The molecule has 0 aromatic heterocycles. The average molecular weight is 552 g/mol. The van der Waals surface area contributed by atoms with E-state index in [0.29, 0.717) is 22.7 Å². The SMILES string of the molecule is CC1(CCI)N=C(c2ccccc2F)c2ccc(N)cc2O1.CI. The molecule has 2 aromatic carbocycles. The number of hydrogen-bond acceptors (Lipinski definition) is 3. The monoisotopic (exact) mass is 552 g/mol. The smallest absolute Gasteiger partial charge is 0.198 e. The first-order chi connectivity index (χ1) is 11.5. The lowest BCUT2D eigenvalue weighted by atomic mass is 9.97. The van der Waals surface area contributed by atoms with Gasteiger partial charge in [-0.05, 0) is 36.1 Å². The molecular weight excluding hydrogens is 533 g/mol. The first-order valence-electron chi connectivity index (χ1n) is 7.40. The predicted octanol–water partition coefficient (Wildman–Crippen LogP) is 5.23. The van der Waals surface area contributed by atoms with Crippen molar-refractivity contribution < 1.29 is 9.13 Å². The number of fused-ring (bicyclic) bond motifs is 1. The molecule has 2 N–H and O–H groups in total. The van der Waals surface area contributed by atoms with Crippen molar-refractivity contribution in [3.63, 3.8) is 0 Å². The molecule has 0 aliphatic carbocycles. The molecule has 1 unspecified atom stereocenters. The summed E-state index contributed by atoms with van der Waals surface area (Å²) in [7, 11) is 0. The van der Waals surface area contributed by atoms with E-state index in [-0.39, 0.29) is 5.82 Å². The summed E-state index contributed by atoms with van der Waals surface area (Å²) in [6.45, 7) is 1.92. The van der Waals surface area contributed by atoms with Crippen molar-refractivity contribution in [1.82, 2.24) is 0 Å². The highest BCUT2D eigenvalue weighted by Crippen LogP contribution is 2.36. The van der Waals surface area contributed by atoms with E-state index in [1.165, 1.54) is 6.07 Å². The minimum atomic E-state index is -0.709. The van der Waals surface area contributed by atoms with Crippen LogP contribution in [0.2, 0.25) is 0 Å². The number of nitrogens with zero attached hydrogens (tertiary/aromatic N) is 1. The van der Waals surface area contributed by atoms with Crippen LogP contribution < -0.4 is 10.5 Å². The minimum absolute atomic E-state index is 0.289. The van der Waals surface area contributed by atoms with Crippen LogP contribution in [0.25, 0.3) is 0 Å². The van der Waals surface area contributed by atoms with E-state index in [0.717, 1.165) is 16.4 Å². The van der Waals surface area contributed by atoms with Gasteiger partial charge in [-0.2, -0.15) is 0 Å². The summed E-state index contributed by atoms with van der Waals surface area (Å²) in [6.07, 6.45) is 0.736. The zero-order valence-electron chi connectivity index (χ0n) is 13.5. The molecule has 0 fully saturated rings. The van der Waals surface area contributed by atoms with Crippen LogP contribution in [0.3, 0.4) is 0 Å². The van der Waals surface area contributed by atoms with E-state index in [4.69, 9.17) is 15.5 Å². The molecule has 3 rings (SSSR count). The van der Waals surface area contributed by atoms with Crippen molar-refractivity contribution >= 4 is 56.6 Å². The van der Waals surface area contributed by atoms with Gasteiger partial charge in [-0.3, -0.25) is 0 Å². The molecule has 0 amide bonds. The molecule has 1 heterocycles. The van der Waals surface area contributed by atoms with Crippen LogP contribution in [0.4, 0.5) is 10.1 Å². The van der Waals surface area contributed by atoms with Gasteiger partial charge in [0.15, 0.2) is 5.72 Å². The van der Waals surface area contributed by atoms with Crippen LogP contribution in [0.15, 0.2) is 47.5 Å². The lowest BCUT2D eigenvalue weighted by Crippen LogP contribution is -2.36. The van der Waals surface area contributed by atoms with Crippen LogP contribution in [0, 0.1) is 5.82 Å². The average Bonchev–Trinajstić information content (AvgIpc) is 2.56. The highest BCUT2D eigenvalue weighted by Gasteiger charge is 2.33. The second-order valence-corrected chi connectivity index (χ2v) is 6.49. The van der Waals surface area contributed by atoms with Gasteiger partial charge in [0.05, 0.1) is 5.71 Å². The maximum Gasteiger partial charge on any atom is 0.198 e. The van der Waals surface area contributed by atoms with Crippen molar-refractivity contribution in [3.05, 3.63) is 59.4 Å². The van der Waals surface area contributed by atoms with Gasteiger partial charge >= 0.3 is 0 Å². The third kappa shape index (κ3) is 4.19. The first kappa shape index (κ1) is 19.4. The summed E-state index contributed by atoms with van der Waals surface area (Å²) in [5.74, 6) is 0.364. The highest BCUT2D eigenvalue weighted by molar-refractivity contribution is 14.1. The minimum Gasteiger partial charge on any atom is -0.466 e. The van der Waals surface area contributed by atoms with Crippen molar-refractivity contribution in [2.45, 2.75) is 19.1 Å². The van der Waals surface area contributed by atoms with Gasteiger partial charge in [-0.1, -0.05) is 57.3 Å². The third-order valence-electron chi connectivity index (χ3n) is 3.63. The van der Waals surface area contributed by atoms with Crippen LogP contribution >= 0.6 is 45.2 Å². The zero-order valence-corrected chi connectivity index (χ0v) is 17.8. The maximum atomic E-state index is 14.2. The summed E-state index contributed by atoms with van der Waals surface area (Å²) >= 11 is 4.44. The molecular formula is C18H19FI2N2O. The van der Waals surface area contributed by atoms with E-state index in [9.17, 15) is 4.39 Å². The fourth-order valence-electron chi connectivity index (χ4n) is 2.52. The summed E-state index contributed by atoms with van der Waals surface area (Å²) < 4.78 is 21.2. The Morgan fingerprint density at radius 3 is 2.54 bits per heavy atom. The molecule has 0 radical (unpaired) electrons. The van der Waals surface area contributed by atoms with E-state index < -0.39 is 5.72 Å². The standard InChI is InChI=1S/C17H16FIN2O.CH3I/c1-17(8-9-19)21-16(12-4-2-3-5-14(12)18)13-7-6-11(20)10-15(13)22-17;1-2/h2-7,10H,8-9,20H2,1H3;1H3. The largest absolute Gasteiger partial charge is 0.466 e. The van der Waals surface area contributed by atoms with Crippen LogP contribution in [0.5, 0.6) is 5.75 Å². The van der Waals surface area contributed by atoms with Gasteiger partial charge in [0.25, 0.3) is 0 Å². The van der Waals surface area contributed by atoms with E-state index in [1.807, 2.05) is 24.0 Å². The molecule has 1 atom stereocenters. The van der Waals surface area contributed by atoms with Gasteiger partial charge < -0.3 is 10.5 Å². The number of nitrogen functional groups attached to an aromatic ring is 1. The number of rotatable bonds is 3. The quantitative estimate of drug-likeness (QED) is 0.322. The third-order valence-corrected chi connectivity index (χ3v) is 4.17. The number of alkyl halides is 2. The molecule has 0 bridgehead atoms. The normalized spacial score (nSPS) is 18.6. The number of benzene rings is 2. The number of nitrogens with two attached hydrogens (primary N) is 1. The molecule has 2 aromatic rings. The van der Waals surface area contributed by atoms with Crippen molar-refractivity contribution in [2.24, 2.45) is 4.99 Å². The van der Waals surface area contributed by atoms with Gasteiger partial charge in [0.1, 0.15) is 11.6 Å². The first-order valence-corrected chi connectivity index (χ1v) is 11.1. The Balaban J connectivity index is 0.00000100. The zero-order chi connectivity index (χ0) is 17.7. The second kappa shape index (κ2) is 8.46. The summed E-state index contributed by atoms with van der Waals surface area (Å²) in [5.41, 5.74) is 7.64. The lowest BCUT2D eigenvalue weighted by Gasteiger charge is -2.33. The Morgan fingerprint density at radius 1 is 1.17 bits per heavy atom. The Hall–Kier alpha value is -0.900. The van der Waals surface area contributed by atoms with Crippen molar-refractivity contribution in [2.75, 3.05) is 15.1 Å². The van der Waals surface area contributed by atoms with Crippen LogP contribution in [-0.2, 0) is 0 Å². The highest BCUT2D eigenvalue weighted by atomic mass is 127. The molecule has 24 heavy (non-hydrogen) atoms. The molecule has 6 heteroatoms. The van der Waals surface area contributed by atoms with Gasteiger partial charge in [0.2, 0.25) is 0 Å². The fraction of sp³-hybridized carbons (Fsp3) is 0.278. The van der Waals surface area contributed by atoms with Gasteiger partial charge in [-0.15, -0.1) is 0 Å². The summed E-state index contributed by atoms with van der Waals surface area (Å²) in [5, 5.41) is 0. The number of aliphatic imine (C=N–C) groups is 1. The fourth-order valence-corrected chi connectivity index (χ4v) is 3.52. The number of halogens is 3. The molecule has 0 saturated carbocycles. The Kier molecular flexibility index (Phi) is 6.85. The summed E-state index contributed by atoms with van der Waals surface area (Å²) in [4.78, 5) is 6.68. The van der Waals surface area contributed by atoms with Gasteiger partial charge in [-0.25, -0.2) is 9.38 Å². The van der Waals surface area contributed by atoms with E-state index in [1.54, 1.807) is 24.3 Å². The van der Waals surface area contributed by atoms with Gasteiger partial charge in [0, 0.05) is 33.7 Å². The predicted molar refractivity (Wildman–Crippen MR) is 115 cm³/mol. The van der Waals surface area contributed by atoms with Crippen LogP contribution in [-0.4, -0.2) is 20.8 Å². The lowest BCUT2D eigenvalue weighted by molar-refractivity contribution is 0.0924. The number of ether oxygens (including phenoxy) is 1. The second-order valence-electron chi connectivity index (χ2n) is 5.41. The van der Waals surface area contributed by atoms with Crippen LogP contribution in [0.1, 0.15) is 24.5 Å². The molecule has 128 valence electrons. The van der Waals surface area contributed by atoms with Crippen molar-refractivity contribution in [1.29, 1.82) is 0 Å². The Labute approximate surface area is 169 Å². The Bertz CT molecular complexity index is 752. The Morgan fingerprint density at radius 2 is 1.88 bits per heavy atom. The maximum absolute atomic E-state index is 14.2. The summed E-state index contributed by atoms with van der Waals surface area (Å²) in [6, 6.07) is 12.1. The van der Waals surface area contributed by atoms with E-state index >= 15 is 0 Å². The molecule has 3 nitrogen and oxygen atoms in total. The molecule has 0 saturated heterocycles. The molecule has 1 aliphatic rings. The number of hydrogen-bond donors (Lipinski definition) is 1.